The smallest absolute Gasteiger partial charge is 0.175 e. The van der Waals surface area contributed by atoms with Crippen molar-refractivity contribution in [3.05, 3.63) is 47.6 Å². The molecule has 1 aromatic carbocycles. The van der Waals surface area contributed by atoms with Crippen molar-refractivity contribution in [2.75, 3.05) is 11.7 Å². The first-order valence-electron chi connectivity index (χ1n) is 8.58. The standard InChI is InChI=1S/C20H28N2O2S/c1-15-7-6-14-20(3,4)19(15)13-8-16(2)21-22-17-9-11-18(12-10-17)25(5,23)24/h8-13,22H,6-7,14H2,1-5H3/b13-8+,21-16+. The Labute approximate surface area is 151 Å². The van der Waals surface area contributed by atoms with Gasteiger partial charge in [-0.3, -0.25) is 5.43 Å². The van der Waals surface area contributed by atoms with Crippen LogP contribution in [0.25, 0.3) is 0 Å². The van der Waals surface area contributed by atoms with Crippen LogP contribution in [0.15, 0.2) is 57.6 Å². The number of hydrazone groups is 1. The summed E-state index contributed by atoms with van der Waals surface area (Å²) in [5.41, 5.74) is 7.68. The molecule has 0 aromatic heterocycles. The maximum atomic E-state index is 11.5. The number of nitrogens with zero attached hydrogens (tertiary/aromatic N) is 1. The third-order valence-electron chi connectivity index (χ3n) is 4.68. The lowest BCUT2D eigenvalue weighted by molar-refractivity contribution is 0.377. The molecule has 0 heterocycles. The van der Waals surface area contributed by atoms with Gasteiger partial charge in [-0.25, -0.2) is 8.42 Å². The zero-order chi connectivity index (χ0) is 18.7. The van der Waals surface area contributed by atoms with Crippen molar-refractivity contribution in [3.8, 4) is 0 Å². The summed E-state index contributed by atoms with van der Waals surface area (Å²) in [7, 11) is -3.17. The number of benzene rings is 1. The van der Waals surface area contributed by atoms with Gasteiger partial charge in [0.2, 0.25) is 0 Å². The lowest BCUT2D eigenvalue weighted by Gasteiger charge is -2.32. The molecule has 0 unspecified atom stereocenters. The first-order valence-corrected chi connectivity index (χ1v) is 10.5. The summed E-state index contributed by atoms with van der Waals surface area (Å²) < 4.78 is 22.9. The van der Waals surface area contributed by atoms with E-state index < -0.39 is 9.84 Å². The molecular weight excluding hydrogens is 332 g/mol. The van der Waals surface area contributed by atoms with Crippen molar-refractivity contribution < 1.29 is 8.42 Å². The van der Waals surface area contributed by atoms with Crippen LogP contribution in [-0.4, -0.2) is 20.4 Å². The van der Waals surface area contributed by atoms with Gasteiger partial charge in [0.1, 0.15) is 0 Å². The van der Waals surface area contributed by atoms with Crippen LogP contribution in [0.1, 0.15) is 47.0 Å². The normalized spacial score (nSPS) is 18.7. The molecule has 5 heteroatoms. The average molecular weight is 361 g/mol. The van der Waals surface area contributed by atoms with Gasteiger partial charge >= 0.3 is 0 Å². The van der Waals surface area contributed by atoms with Gasteiger partial charge in [-0.15, -0.1) is 0 Å². The fourth-order valence-corrected chi connectivity index (χ4v) is 3.81. The topological polar surface area (TPSA) is 58.5 Å². The molecule has 0 bridgehead atoms. The predicted octanol–water partition coefficient (Wildman–Crippen LogP) is 4.96. The quantitative estimate of drug-likeness (QED) is 0.596. The molecule has 1 aliphatic carbocycles. The minimum absolute atomic E-state index is 0.216. The summed E-state index contributed by atoms with van der Waals surface area (Å²) in [6.45, 7) is 8.75. The molecule has 1 aromatic rings. The van der Waals surface area contributed by atoms with Crippen molar-refractivity contribution in [2.45, 2.75) is 51.9 Å². The molecule has 0 amide bonds. The van der Waals surface area contributed by atoms with Crippen molar-refractivity contribution in [1.82, 2.24) is 0 Å². The third-order valence-corrected chi connectivity index (χ3v) is 5.81. The van der Waals surface area contributed by atoms with Gasteiger partial charge in [0.25, 0.3) is 0 Å². The Hall–Kier alpha value is -1.88. The molecule has 0 saturated carbocycles. The van der Waals surface area contributed by atoms with Gasteiger partial charge in [-0.05, 0) is 74.4 Å². The molecule has 2 rings (SSSR count). The fraction of sp³-hybridized carbons (Fsp3) is 0.450. The zero-order valence-electron chi connectivity index (χ0n) is 15.8. The molecule has 0 spiro atoms. The van der Waals surface area contributed by atoms with E-state index in [1.807, 2.05) is 13.0 Å². The predicted molar refractivity (Wildman–Crippen MR) is 106 cm³/mol. The second-order valence-electron chi connectivity index (χ2n) is 7.43. The summed E-state index contributed by atoms with van der Waals surface area (Å²) in [6, 6.07) is 6.59. The number of hydrogen-bond acceptors (Lipinski definition) is 4. The van der Waals surface area contributed by atoms with E-state index in [2.05, 4.69) is 37.4 Å². The van der Waals surface area contributed by atoms with Crippen LogP contribution >= 0.6 is 0 Å². The van der Waals surface area contributed by atoms with Crippen LogP contribution in [0.5, 0.6) is 0 Å². The lowest BCUT2D eigenvalue weighted by atomic mass is 9.72. The first kappa shape index (κ1) is 19.4. The van der Waals surface area contributed by atoms with Gasteiger partial charge in [-0.1, -0.05) is 25.5 Å². The Morgan fingerprint density at radius 3 is 2.44 bits per heavy atom. The Balaban J connectivity index is 2.07. The first-order chi connectivity index (χ1) is 11.6. The van der Waals surface area contributed by atoms with E-state index in [4.69, 9.17) is 0 Å². The van der Waals surface area contributed by atoms with Crippen LogP contribution < -0.4 is 5.43 Å². The van der Waals surface area contributed by atoms with Crippen LogP contribution in [0.3, 0.4) is 0 Å². The van der Waals surface area contributed by atoms with Gasteiger partial charge < -0.3 is 0 Å². The Morgan fingerprint density at radius 2 is 1.88 bits per heavy atom. The fourth-order valence-electron chi connectivity index (χ4n) is 3.18. The van der Waals surface area contributed by atoms with Gasteiger partial charge in [0.15, 0.2) is 9.84 Å². The van der Waals surface area contributed by atoms with E-state index in [-0.39, 0.29) is 5.41 Å². The van der Waals surface area contributed by atoms with Gasteiger partial charge in [0.05, 0.1) is 16.3 Å². The maximum Gasteiger partial charge on any atom is 0.175 e. The molecule has 0 aliphatic heterocycles. The second kappa shape index (κ2) is 7.56. The van der Waals surface area contributed by atoms with Gasteiger partial charge in [0, 0.05) is 6.26 Å². The highest BCUT2D eigenvalue weighted by Crippen LogP contribution is 2.40. The molecule has 0 atom stereocenters. The summed E-state index contributed by atoms with van der Waals surface area (Å²) in [5, 5.41) is 4.35. The maximum absolute atomic E-state index is 11.5. The summed E-state index contributed by atoms with van der Waals surface area (Å²) in [6.07, 6.45) is 9.06. The minimum Gasteiger partial charge on any atom is -0.278 e. The van der Waals surface area contributed by atoms with Crippen molar-refractivity contribution >= 4 is 21.2 Å². The van der Waals surface area contributed by atoms with Crippen molar-refractivity contribution in [2.24, 2.45) is 10.5 Å². The Morgan fingerprint density at radius 1 is 1.24 bits per heavy atom. The van der Waals surface area contributed by atoms with Crippen molar-refractivity contribution in [3.63, 3.8) is 0 Å². The van der Waals surface area contributed by atoms with E-state index in [9.17, 15) is 8.42 Å². The summed E-state index contributed by atoms with van der Waals surface area (Å²) >= 11 is 0. The van der Waals surface area contributed by atoms with Crippen LogP contribution in [0, 0.1) is 5.41 Å². The second-order valence-corrected chi connectivity index (χ2v) is 9.44. The van der Waals surface area contributed by atoms with Crippen molar-refractivity contribution in [1.29, 1.82) is 0 Å². The molecule has 0 radical (unpaired) electrons. The zero-order valence-corrected chi connectivity index (χ0v) is 16.6. The average Bonchev–Trinajstić information content (AvgIpc) is 2.51. The number of rotatable bonds is 5. The number of nitrogens with one attached hydrogen (secondary N) is 1. The molecule has 1 aliphatic rings. The van der Waals surface area contributed by atoms with E-state index in [1.165, 1.54) is 36.7 Å². The number of sulfone groups is 1. The third kappa shape index (κ3) is 5.30. The molecule has 25 heavy (non-hydrogen) atoms. The summed E-state index contributed by atoms with van der Waals surface area (Å²) in [5.74, 6) is 0. The van der Waals surface area contributed by atoms with Crippen LogP contribution in [0.2, 0.25) is 0 Å². The highest BCUT2D eigenvalue weighted by Gasteiger charge is 2.26. The molecule has 136 valence electrons. The van der Waals surface area contributed by atoms with Gasteiger partial charge in [-0.2, -0.15) is 5.10 Å². The van der Waals surface area contributed by atoms with Crippen LogP contribution in [-0.2, 0) is 9.84 Å². The highest BCUT2D eigenvalue weighted by atomic mass is 32.2. The number of hydrogen-bond donors (Lipinski definition) is 1. The monoisotopic (exact) mass is 360 g/mol. The molecule has 0 fully saturated rings. The van der Waals surface area contributed by atoms with E-state index in [0.29, 0.717) is 4.90 Å². The Kier molecular flexibility index (Phi) is 5.88. The molecule has 0 saturated heterocycles. The lowest BCUT2D eigenvalue weighted by Crippen LogP contribution is -2.19. The largest absolute Gasteiger partial charge is 0.278 e. The molecular formula is C20H28N2O2S. The Bertz CT molecular complexity index is 814. The highest BCUT2D eigenvalue weighted by molar-refractivity contribution is 7.90. The van der Waals surface area contributed by atoms with E-state index in [1.54, 1.807) is 24.3 Å². The minimum atomic E-state index is -3.17. The number of anilines is 1. The molecule has 1 N–H and O–H groups in total. The van der Waals surface area contributed by atoms with E-state index in [0.717, 1.165) is 11.4 Å². The van der Waals surface area contributed by atoms with Crippen LogP contribution in [0.4, 0.5) is 5.69 Å². The molecule has 4 nitrogen and oxygen atoms in total. The SMILES string of the molecule is CC1=C(/C=C/C(C)=N/Nc2ccc(S(C)(=O)=O)cc2)C(C)(C)CCC1. The summed E-state index contributed by atoms with van der Waals surface area (Å²) in [4.78, 5) is 0.306. The number of allylic oxidation sites excluding steroid dienone is 4. The van der Waals surface area contributed by atoms with E-state index >= 15 is 0 Å².